The Kier molecular flexibility index (Phi) is 5.16. The van der Waals surface area contributed by atoms with Gasteiger partial charge in [0.25, 0.3) is 0 Å². The number of halogens is 3. The smallest absolute Gasteiger partial charge is 0.366 e. The summed E-state index contributed by atoms with van der Waals surface area (Å²) < 4.78 is 38.6. The van der Waals surface area contributed by atoms with Crippen molar-refractivity contribution in [2.24, 2.45) is 5.73 Å². The highest BCUT2D eigenvalue weighted by molar-refractivity contribution is 5.94. The second kappa shape index (κ2) is 7.55. The molecular weight excluding hydrogens is 371 g/mol. The van der Waals surface area contributed by atoms with E-state index in [0.29, 0.717) is 22.9 Å². The largest absolute Gasteiger partial charge is 0.416 e. The molecule has 0 saturated carbocycles. The number of amides is 1. The zero-order valence-electron chi connectivity index (χ0n) is 14.7. The Morgan fingerprint density at radius 1 is 1.07 bits per heavy atom. The normalized spacial score (nSPS) is 11.1. The summed E-state index contributed by atoms with van der Waals surface area (Å²) in [6.07, 6.45) is -3.14. The molecule has 0 fully saturated rings. The fourth-order valence-electron chi connectivity index (χ4n) is 2.52. The van der Waals surface area contributed by atoms with Crippen LogP contribution in [-0.2, 0) is 6.18 Å². The van der Waals surface area contributed by atoms with Crippen LogP contribution in [0.5, 0.6) is 0 Å². The number of nitrogens with one attached hydrogen (secondary N) is 1. The molecule has 0 saturated heterocycles. The van der Waals surface area contributed by atoms with E-state index in [1.807, 2.05) is 0 Å². The molecule has 0 aliphatic rings. The number of hydrogen-bond acceptors (Lipinski definition) is 5. The van der Waals surface area contributed by atoms with E-state index in [9.17, 15) is 18.0 Å². The van der Waals surface area contributed by atoms with Crippen LogP contribution >= 0.6 is 0 Å². The van der Waals surface area contributed by atoms with E-state index >= 15 is 0 Å². The van der Waals surface area contributed by atoms with Gasteiger partial charge < -0.3 is 16.0 Å². The molecule has 0 atom stereocenters. The molecule has 3 rings (SSSR count). The molecule has 1 amide bonds. The lowest BCUT2D eigenvalue weighted by atomic mass is 10.2. The summed E-state index contributed by atoms with van der Waals surface area (Å²) in [7, 11) is 1.73. The summed E-state index contributed by atoms with van der Waals surface area (Å²) in [6.45, 7) is 0. The van der Waals surface area contributed by atoms with Crippen LogP contribution in [0.25, 0.3) is 0 Å². The number of aromatic nitrogens is 2. The monoisotopic (exact) mass is 387 g/mol. The molecule has 0 bridgehead atoms. The van der Waals surface area contributed by atoms with Gasteiger partial charge in [0.05, 0.1) is 5.56 Å². The van der Waals surface area contributed by atoms with E-state index in [1.165, 1.54) is 18.5 Å². The Bertz CT molecular complexity index is 1010. The van der Waals surface area contributed by atoms with Crippen molar-refractivity contribution < 1.29 is 18.0 Å². The summed E-state index contributed by atoms with van der Waals surface area (Å²) in [6, 6.07) is 13.1. The van der Waals surface area contributed by atoms with E-state index in [2.05, 4.69) is 15.3 Å². The van der Waals surface area contributed by atoms with E-state index in [-0.39, 0.29) is 5.69 Å². The quantitative estimate of drug-likeness (QED) is 0.688. The molecule has 2 aromatic carbocycles. The van der Waals surface area contributed by atoms with Gasteiger partial charge in [-0.15, -0.1) is 0 Å². The average Bonchev–Trinajstić information content (AvgIpc) is 2.67. The number of alkyl halides is 3. The van der Waals surface area contributed by atoms with Gasteiger partial charge in [0.15, 0.2) is 0 Å². The molecule has 0 radical (unpaired) electrons. The van der Waals surface area contributed by atoms with Crippen LogP contribution in [0, 0.1) is 0 Å². The first-order chi connectivity index (χ1) is 13.2. The first kappa shape index (κ1) is 19.2. The standard InChI is InChI=1S/C19H16F3N5O/c1-27(15-7-2-4-12(8-15)18(23)28)17-10-16(24-11-25-17)26-14-6-3-5-13(9-14)19(20,21)22/h2-11H,1H3,(H2,23,28)(H,24,25,26). The first-order valence-electron chi connectivity index (χ1n) is 8.14. The van der Waals surface area contributed by atoms with Gasteiger partial charge in [0.2, 0.25) is 5.91 Å². The highest BCUT2D eigenvalue weighted by Gasteiger charge is 2.30. The van der Waals surface area contributed by atoms with Crippen molar-refractivity contribution in [2.75, 3.05) is 17.3 Å². The van der Waals surface area contributed by atoms with Crippen LogP contribution in [0.3, 0.4) is 0 Å². The molecule has 6 nitrogen and oxygen atoms in total. The van der Waals surface area contributed by atoms with Crippen molar-refractivity contribution >= 4 is 28.9 Å². The van der Waals surface area contributed by atoms with E-state index < -0.39 is 17.6 Å². The third kappa shape index (κ3) is 4.37. The predicted molar refractivity (Wildman–Crippen MR) is 99.8 cm³/mol. The summed E-state index contributed by atoms with van der Waals surface area (Å²) >= 11 is 0. The van der Waals surface area contributed by atoms with Crippen molar-refractivity contribution in [3.63, 3.8) is 0 Å². The lowest BCUT2D eigenvalue weighted by molar-refractivity contribution is -0.137. The summed E-state index contributed by atoms with van der Waals surface area (Å²) in [5.41, 5.74) is 5.81. The number of carbonyl (C=O) groups excluding carboxylic acids is 1. The number of nitrogens with zero attached hydrogens (tertiary/aromatic N) is 3. The lowest BCUT2D eigenvalue weighted by Crippen LogP contribution is -2.15. The fraction of sp³-hybridized carbons (Fsp3) is 0.105. The Balaban J connectivity index is 1.85. The molecule has 0 unspecified atom stereocenters. The fourth-order valence-corrected chi connectivity index (χ4v) is 2.52. The number of carbonyl (C=O) groups is 1. The van der Waals surface area contributed by atoms with Crippen LogP contribution in [0.2, 0.25) is 0 Å². The summed E-state index contributed by atoms with van der Waals surface area (Å²) in [5, 5.41) is 2.84. The number of primary amides is 1. The minimum atomic E-state index is -4.43. The maximum atomic E-state index is 12.9. The van der Waals surface area contributed by atoms with Crippen LogP contribution in [0.1, 0.15) is 15.9 Å². The van der Waals surface area contributed by atoms with Crippen molar-refractivity contribution in [2.45, 2.75) is 6.18 Å². The number of nitrogens with two attached hydrogens (primary N) is 1. The molecular formula is C19H16F3N5O. The highest BCUT2D eigenvalue weighted by atomic mass is 19.4. The summed E-state index contributed by atoms with van der Waals surface area (Å²) in [4.78, 5) is 21.3. The molecule has 28 heavy (non-hydrogen) atoms. The second-order valence-corrected chi connectivity index (χ2v) is 5.94. The Morgan fingerprint density at radius 2 is 1.82 bits per heavy atom. The topological polar surface area (TPSA) is 84.1 Å². The molecule has 1 aromatic heterocycles. The van der Waals surface area contributed by atoms with Crippen molar-refractivity contribution in [3.8, 4) is 0 Å². The van der Waals surface area contributed by atoms with Crippen LogP contribution in [0.4, 0.5) is 36.2 Å². The van der Waals surface area contributed by atoms with E-state index in [4.69, 9.17) is 5.73 Å². The van der Waals surface area contributed by atoms with Crippen LogP contribution in [-0.4, -0.2) is 22.9 Å². The molecule has 3 aromatic rings. The maximum absolute atomic E-state index is 12.9. The van der Waals surface area contributed by atoms with Gasteiger partial charge in [-0.3, -0.25) is 4.79 Å². The predicted octanol–water partition coefficient (Wildman–Crippen LogP) is 4.11. The zero-order chi connectivity index (χ0) is 20.3. The van der Waals surface area contributed by atoms with Gasteiger partial charge in [-0.25, -0.2) is 9.97 Å². The minimum absolute atomic E-state index is 0.248. The first-order valence-corrected chi connectivity index (χ1v) is 8.14. The van der Waals surface area contributed by atoms with Crippen LogP contribution < -0.4 is 16.0 Å². The number of rotatable bonds is 5. The summed E-state index contributed by atoms with van der Waals surface area (Å²) in [5.74, 6) is 0.248. The second-order valence-electron chi connectivity index (χ2n) is 5.94. The van der Waals surface area contributed by atoms with Crippen molar-refractivity contribution in [3.05, 3.63) is 72.1 Å². The van der Waals surface area contributed by atoms with E-state index in [0.717, 1.165) is 12.1 Å². The van der Waals surface area contributed by atoms with Gasteiger partial charge in [0, 0.05) is 30.1 Å². The Morgan fingerprint density at radius 3 is 2.54 bits per heavy atom. The number of anilines is 4. The number of hydrogen-bond donors (Lipinski definition) is 2. The van der Waals surface area contributed by atoms with Gasteiger partial charge in [-0.1, -0.05) is 12.1 Å². The SMILES string of the molecule is CN(c1cccc(C(N)=O)c1)c1cc(Nc2cccc(C(F)(F)F)c2)ncn1. The lowest BCUT2D eigenvalue weighted by Gasteiger charge is -2.19. The molecule has 144 valence electrons. The van der Waals surface area contributed by atoms with Gasteiger partial charge >= 0.3 is 6.18 Å². The Labute approximate surface area is 158 Å². The minimum Gasteiger partial charge on any atom is -0.366 e. The molecule has 0 spiro atoms. The zero-order valence-corrected chi connectivity index (χ0v) is 14.7. The highest BCUT2D eigenvalue weighted by Crippen LogP contribution is 2.31. The van der Waals surface area contributed by atoms with Crippen molar-refractivity contribution in [1.82, 2.24) is 9.97 Å². The third-order valence-corrected chi connectivity index (χ3v) is 3.98. The maximum Gasteiger partial charge on any atom is 0.416 e. The van der Waals surface area contributed by atoms with Crippen molar-refractivity contribution in [1.29, 1.82) is 0 Å². The van der Waals surface area contributed by atoms with Gasteiger partial charge in [0.1, 0.15) is 18.0 Å². The molecule has 0 aliphatic heterocycles. The number of benzene rings is 2. The Hall–Kier alpha value is -3.62. The van der Waals surface area contributed by atoms with E-state index in [1.54, 1.807) is 42.3 Å². The third-order valence-electron chi connectivity index (χ3n) is 3.98. The van der Waals surface area contributed by atoms with Gasteiger partial charge in [-0.2, -0.15) is 13.2 Å². The van der Waals surface area contributed by atoms with Gasteiger partial charge in [-0.05, 0) is 36.4 Å². The van der Waals surface area contributed by atoms with Crippen LogP contribution in [0.15, 0.2) is 60.9 Å². The molecule has 1 heterocycles. The molecule has 9 heteroatoms. The molecule has 3 N–H and O–H groups in total. The average molecular weight is 387 g/mol. The molecule has 0 aliphatic carbocycles.